The summed E-state index contributed by atoms with van der Waals surface area (Å²) >= 11 is 5.84. The lowest BCUT2D eigenvalue weighted by Gasteiger charge is -2.36. The van der Waals surface area contributed by atoms with Crippen LogP contribution in [0.4, 0.5) is 0 Å². The fraction of sp³-hybridized carbons (Fsp3) is 0.632. The highest BCUT2D eigenvalue weighted by Crippen LogP contribution is 2.26. The van der Waals surface area contributed by atoms with Crippen LogP contribution in [0.3, 0.4) is 0 Å². The number of hydrogen-bond acceptors (Lipinski definition) is 3. The van der Waals surface area contributed by atoms with Crippen LogP contribution in [0.5, 0.6) is 0 Å². The maximum absolute atomic E-state index is 12.9. The van der Waals surface area contributed by atoms with Gasteiger partial charge in [-0.2, -0.15) is 4.31 Å². The van der Waals surface area contributed by atoms with Crippen molar-refractivity contribution in [2.45, 2.75) is 51.5 Å². The standard InChI is InChI=1S/C19H29ClN2O3S/c1-14(2)13-22(15(3)4)19(23)16-9-11-21(12-10-16)26(24,25)18-7-5-17(20)6-8-18/h5-8,14-16H,9-13H2,1-4H3. The SMILES string of the molecule is CC(C)CN(C(=O)C1CCN(S(=O)(=O)c2ccc(Cl)cc2)CC1)C(C)C. The predicted molar refractivity (Wildman–Crippen MR) is 105 cm³/mol. The van der Waals surface area contributed by atoms with E-state index in [4.69, 9.17) is 11.6 Å². The van der Waals surface area contributed by atoms with Gasteiger partial charge in [0.2, 0.25) is 15.9 Å². The van der Waals surface area contributed by atoms with Crippen LogP contribution >= 0.6 is 11.6 Å². The lowest BCUT2D eigenvalue weighted by molar-refractivity contribution is -0.139. The molecule has 1 saturated heterocycles. The first kappa shape index (κ1) is 21.2. The van der Waals surface area contributed by atoms with Gasteiger partial charge in [-0.15, -0.1) is 0 Å². The molecule has 1 aliphatic heterocycles. The number of piperidine rings is 1. The first-order valence-corrected chi connectivity index (χ1v) is 11.0. The van der Waals surface area contributed by atoms with Crippen molar-refractivity contribution >= 4 is 27.5 Å². The molecule has 2 rings (SSSR count). The third-order valence-corrected chi connectivity index (χ3v) is 6.89. The monoisotopic (exact) mass is 400 g/mol. The van der Waals surface area contributed by atoms with Crippen LogP contribution in [-0.2, 0) is 14.8 Å². The van der Waals surface area contributed by atoms with Gasteiger partial charge in [0.25, 0.3) is 0 Å². The molecule has 0 radical (unpaired) electrons. The Morgan fingerprint density at radius 2 is 1.69 bits per heavy atom. The van der Waals surface area contributed by atoms with E-state index in [2.05, 4.69) is 13.8 Å². The Bertz CT molecular complexity index is 709. The number of nitrogens with zero attached hydrogens (tertiary/aromatic N) is 2. The molecule has 0 aliphatic carbocycles. The molecule has 1 heterocycles. The molecular formula is C19H29ClN2O3S. The quantitative estimate of drug-likeness (QED) is 0.732. The molecule has 0 spiro atoms. The van der Waals surface area contributed by atoms with E-state index in [1.54, 1.807) is 12.1 Å². The zero-order valence-electron chi connectivity index (χ0n) is 16.0. The van der Waals surface area contributed by atoms with Crippen LogP contribution in [0, 0.1) is 11.8 Å². The Labute approximate surface area is 162 Å². The maximum atomic E-state index is 12.9. The highest BCUT2D eigenvalue weighted by Gasteiger charge is 2.34. The molecule has 146 valence electrons. The summed E-state index contributed by atoms with van der Waals surface area (Å²) in [5.41, 5.74) is 0. The summed E-state index contributed by atoms with van der Waals surface area (Å²) in [6.45, 7) is 9.73. The molecule has 1 aromatic carbocycles. The van der Waals surface area contributed by atoms with Crippen molar-refractivity contribution < 1.29 is 13.2 Å². The van der Waals surface area contributed by atoms with Gasteiger partial charge >= 0.3 is 0 Å². The van der Waals surface area contributed by atoms with Gasteiger partial charge in [-0.05, 0) is 56.9 Å². The summed E-state index contributed by atoms with van der Waals surface area (Å²) in [5.74, 6) is 0.455. The molecule has 1 aliphatic rings. The molecule has 1 aromatic rings. The molecule has 26 heavy (non-hydrogen) atoms. The van der Waals surface area contributed by atoms with Gasteiger partial charge in [0.15, 0.2) is 0 Å². The van der Waals surface area contributed by atoms with Gasteiger partial charge in [-0.3, -0.25) is 4.79 Å². The van der Waals surface area contributed by atoms with E-state index < -0.39 is 10.0 Å². The van der Waals surface area contributed by atoms with Crippen LogP contribution < -0.4 is 0 Å². The fourth-order valence-corrected chi connectivity index (χ4v) is 4.88. The van der Waals surface area contributed by atoms with Crippen LogP contribution in [0.2, 0.25) is 5.02 Å². The first-order chi connectivity index (χ1) is 12.1. The number of carbonyl (C=O) groups excluding carboxylic acids is 1. The van der Waals surface area contributed by atoms with Crippen molar-refractivity contribution in [3.05, 3.63) is 29.3 Å². The summed E-state index contributed by atoms with van der Waals surface area (Å²) in [6, 6.07) is 6.37. The number of hydrogen-bond donors (Lipinski definition) is 0. The Hall–Kier alpha value is -1.11. The summed E-state index contributed by atoms with van der Waals surface area (Å²) in [7, 11) is -3.53. The van der Waals surface area contributed by atoms with Gasteiger partial charge in [0.1, 0.15) is 0 Å². The summed E-state index contributed by atoms with van der Waals surface area (Å²) in [6.07, 6.45) is 1.12. The van der Waals surface area contributed by atoms with E-state index in [-0.39, 0.29) is 22.8 Å². The van der Waals surface area contributed by atoms with E-state index in [1.807, 2.05) is 18.7 Å². The Morgan fingerprint density at radius 3 is 2.15 bits per heavy atom. The normalized spacial score (nSPS) is 17.0. The highest BCUT2D eigenvalue weighted by molar-refractivity contribution is 7.89. The molecule has 0 unspecified atom stereocenters. The number of sulfonamides is 1. The molecule has 0 N–H and O–H groups in total. The van der Waals surface area contributed by atoms with Gasteiger partial charge < -0.3 is 4.90 Å². The molecule has 1 amide bonds. The third-order valence-electron chi connectivity index (χ3n) is 4.72. The maximum Gasteiger partial charge on any atom is 0.243 e. The summed E-state index contributed by atoms with van der Waals surface area (Å²) < 4.78 is 27.0. The van der Waals surface area contributed by atoms with Crippen molar-refractivity contribution in [1.29, 1.82) is 0 Å². The molecule has 0 bridgehead atoms. The van der Waals surface area contributed by atoms with E-state index in [1.165, 1.54) is 16.4 Å². The zero-order chi connectivity index (χ0) is 19.5. The molecule has 0 aromatic heterocycles. The van der Waals surface area contributed by atoms with E-state index >= 15 is 0 Å². The Morgan fingerprint density at radius 1 is 1.15 bits per heavy atom. The Balaban J connectivity index is 2.03. The van der Waals surface area contributed by atoms with Gasteiger partial charge in [0.05, 0.1) is 4.90 Å². The average Bonchev–Trinajstić information content (AvgIpc) is 2.59. The Kier molecular flexibility index (Phi) is 7.11. The number of benzene rings is 1. The second kappa shape index (κ2) is 8.72. The second-order valence-electron chi connectivity index (χ2n) is 7.61. The zero-order valence-corrected chi connectivity index (χ0v) is 17.6. The smallest absolute Gasteiger partial charge is 0.243 e. The minimum absolute atomic E-state index is 0.104. The van der Waals surface area contributed by atoms with Crippen molar-refractivity contribution in [3.63, 3.8) is 0 Å². The summed E-state index contributed by atoms with van der Waals surface area (Å²) in [4.78, 5) is 15.1. The van der Waals surface area contributed by atoms with Crippen LogP contribution in [0.15, 0.2) is 29.2 Å². The van der Waals surface area contributed by atoms with E-state index in [0.29, 0.717) is 36.9 Å². The fourth-order valence-electron chi connectivity index (χ4n) is 3.28. The van der Waals surface area contributed by atoms with Crippen molar-refractivity contribution in [1.82, 2.24) is 9.21 Å². The van der Waals surface area contributed by atoms with Gasteiger partial charge in [-0.25, -0.2) is 8.42 Å². The third kappa shape index (κ3) is 4.99. The number of amides is 1. The van der Waals surface area contributed by atoms with Crippen LogP contribution in [0.1, 0.15) is 40.5 Å². The molecular weight excluding hydrogens is 372 g/mol. The number of halogens is 1. The molecule has 5 nitrogen and oxygen atoms in total. The van der Waals surface area contributed by atoms with E-state index in [9.17, 15) is 13.2 Å². The molecule has 7 heteroatoms. The van der Waals surface area contributed by atoms with Gasteiger partial charge in [0, 0.05) is 36.6 Å². The highest BCUT2D eigenvalue weighted by atomic mass is 35.5. The van der Waals surface area contributed by atoms with Crippen molar-refractivity contribution in [3.8, 4) is 0 Å². The minimum atomic E-state index is -3.53. The van der Waals surface area contributed by atoms with E-state index in [0.717, 1.165) is 6.54 Å². The first-order valence-electron chi connectivity index (χ1n) is 9.19. The number of rotatable bonds is 6. The van der Waals surface area contributed by atoms with Gasteiger partial charge in [-0.1, -0.05) is 25.4 Å². The summed E-state index contributed by atoms with van der Waals surface area (Å²) in [5, 5.41) is 0.507. The largest absolute Gasteiger partial charge is 0.340 e. The number of carbonyl (C=O) groups is 1. The van der Waals surface area contributed by atoms with Crippen molar-refractivity contribution in [2.24, 2.45) is 11.8 Å². The van der Waals surface area contributed by atoms with Crippen LogP contribution in [0.25, 0.3) is 0 Å². The predicted octanol–water partition coefficient (Wildman–Crippen LogP) is 3.63. The van der Waals surface area contributed by atoms with Crippen molar-refractivity contribution in [2.75, 3.05) is 19.6 Å². The average molecular weight is 401 g/mol. The lowest BCUT2D eigenvalue weighted by Crippen LogP contribution is -2.47. The molecule has 1 fully saturated rings. The van der Waals surface area contributed by atoms with Crippen LogP contribution in [-0.4, -0.2) is 49.2 Å². The molecule has 0 atom stereocenters. The molecule has 0 saturated carbocycles. The lowest BCUT2D eigenvalue weighted by atomic mass is 9.95. The minimum Gasteiger partial charge on any atom is -0.340 e. The second-order valence-corrected chi connectivity index (χ2v) is 9.98. The topological polar surface area (TPSA) is 57.7 Å².